The molecule has 6 aromatic rings. The number of fused-ring (bicyclic) bond motifs is 4. The van der Waals surface area contributed by atoms with Crippen molar-refractivity contribution < 1.29 is 42.0 Å². The van der Waals surface area contributed by atoms with Crippen molar-refractivity contribution in [1.82, 2.24) is 30.4 Å². The number of non-ortho nitro benzene ring substituents is 2. The van der Waals surface area contributed by atoms with Crippen LogP contribution in [-0.2, 0) is 10.1 Å². The van der Waals surface area contributed by atoms with Crippen LogP contribution in [0.4, 0.5) is 11.4 Å². The maximum Gasteiger partial charge on any atom is 0.270 e. The molecule has 2 aromatic heterocycles. The molecule has 4 heterocycles. The molecule has 0 saturated carbocycles. The van der Waals surface area contributed by atoms with E-state index in [1.165, 1.54) is 24.3 Å². The van der Waals surface area contributed by atoms with Crippen molar-refractivity contribution in [2.24, 2.45) is 0 Å². The molecule has 2 aliphatic heterocycles. The maximum absolute atomic E-state index is 14.0. The number of hydrogen-bond donors (Lipinski definition) is 3. The number of pyridine rings is 2. The summed E-state index contributed by atoms with van der Waals surface area (Å²) in [5, 5.41) is 33.1. The largest absolute Gasteiger partial charge is 0.313 e. The number of benzene rings is 4. The Hall–Kier alpha value is -6.87. The van der Waals surface area contributed by atoms with Crippen LogP contribution < -0.4 is 10.6 Å². The molecule has 8 rings (SSSR count). The third kappa shape index (κ3) is 8.03. The first-order valence-electron chi connectivity index (χ1n) is 19.3. The summed E-state index contributed by atoms with van der Waals surface area (Å²) in [6.07, 6.45) is 3.98. The Kier molecular flexibility index (Phi) is 11.3. The van der Waals surface area contributed by atoms with E-state index in [2.05, 4.69) is 20.6 Å². The van der Waals surface area contributed by atoms with E-state index in [-0.39, 0.29) is 52.8 Å². The molecule has 0 spiro atoms. The summed E-state index contributed by atoms with van der Waals surface area (Å²) < 4.78 is 25.9. The molecule has 2 aliphatic rings. The van der Waals surface area contributed by atoms with Gasteiger partial charge in [-0.25, -0.2) is 0 Å². The van der Waals surface area contributed by atoms with Crippen LogP contribution in [0.25, 0.3) is 43.4 Å². The van der Waals surface area contributed by atoms with Gasteiger partial charge in [-0.15, -0.1) is 0 Å². The molecule has 3 N–H and O–H groups in total. The first-order valence-corrected chi connectivity index (χ1v) is 21.1. The van der Waals surface area contributed by atoms with Gasteiger partial charge in [-0.3, -0.25) is 63.7 Å². The predicted molar refractivity (Wildman–Crippen MR) is 229 cm³/mol. The van der Waals surface area contributed by atoms with Gasteiger partial charge >= 0.3 is 0 Å². The highest BCUT2D eigenvalue weighted by molar-refractivity contribution is 7.85. The SMILES string of the molecule is CS(=O)(=O)O.Cc1cnc2c(c1)cc1c3c(cc([N+](=O)[O-])cc32)C(=O)N([C@H](C)CNC[C@H](C)NC[C@@H](C)N2C(=O)c3cc([N+](=O)[O-])cc4c3c(cc3cc(C)cnc34)C2=O)C1=O. The number of nitrogens with one attached hydrogen (secondary N) is 2. The molecule has 0 bridgehead atoms. The van der Waals surface area contributed by atoms with Crippen molar-refractivity contribution in [2.45, 2.75) is 52.7 Å². The highest BCUT2D eigenvalue weighted by Crippen LogP contribution is 2.40. The molecule has 0 aliphatic carbocycles. The quantitative estimate of drug-likeness (QED) is 0.0493. The van der Waals surface area contributed by atoms with Crippen LogP contribution in [0.1, 0.15) is 73.3 Å². The Bertz CT molecular complexity index is 3080. The highest BCUT2D eigenvalue weighted by atomic mass is 32.2. The molecule has 62 heavy (non-hydrogen) atoms. The van der Waals surface area contributed by atoms with Crippen LogP contribution >= 0.6 is 0 Å². The molecule has 0 saturated heterocycles. The standard InChI is InChI=1S/C41H36N8O8.CH4O3S/c1-19-6-24-8-30-34-28(36(24)44-14-19)10-26(48(54)55)12-32(34)40(52)46(38(30)50)22(4)17-42-16-21(3)43-18-23(5)47-39(51)31-9-25-7-20(2)15-45-37(25)29-11-27(49(56)57)13-33(35(29)31)41(47)53;1-5(2,3)4/h6-15,21-23,42-43H,16-18H2,1-5H3;1H3,(H,2,3,4)/t21-,22+,23+;/m0./s1. The Morgan fingerprint density at radius 1 is 0.645 bits per heavy atom. The summed E-state index contributed by atoms with van der Waals surface area (Å²) in [4.78, 5) is 89.6. The predicted octanol–water partition coefficient (Wildman–Crippen LogP) is 5.26. The van der Waals surface area contributed by atoms with Crippen LogP contribution in [0.3, 0.4) is 0 Å². The van der Waals surface area contributed by atoms with E-state index in [1.54, 1.807) is 38.4 Å². The highest BCUT2D eigenvalue weighted by Gasteiger charge is 2.39. The fraction of sp³-hybridized carbons (Fsp3) is 0.286. The normalized spacial score (nSPS) is 15.3. The van der Waals surface area contributed by atoms with Gasteiger partial charge in [0.15, 0.2) is 0 Å². The molecule has 0 fully saturated rings. The Morgan fingerprint density at radius 2 is 1.02 bits per heavy atom. The molecule has 0 radical (unpaired) electrons. The Balaban J connectivity index is 0.00000109. The van der Waals surface area contributed by atoms with Gasteiger partial charge in [0, 0.05) is 118 Å². The summed E-state index contributed by atoms with van der Waals surface area (Å²) in [6, 6.07) is 10.7. The van der Waals surface area contributed by atoms with E-state index in [0.29, 0.717) is 56.2 Å². The lowest BCUT2D eigenvalue weighted by Crippen LogP contribution is -2.52. The Labute approximate surface area is 353 Å². The average Bonchev–Trinajstić information content (AvgIpc) is 3.19. The summed E-state index contributed by atoms with van der Waals surface area (Å²) in [7, 11) is -3.67. The number of imide groups is 2. The molecule has 4 aromatic carbocycles. The van der Waals surface area contributed by atoms with Gasteiger partial charge in [-0.2, -0.15) is 8.42 Å². The molecule has 3 atom stereocenters. The number of nitro benzene ring substituents is 2. The van der Waals surface area contributed by atoms with E-state index in [4.69, 9.17) is 4.55 Å². The molecule has 0 unspecified atom stereocenters. The number of nitrogens with zero attached hydrogens (tertiary/aromatic N) is 6. The number of aryl methyl sites for hydroxylation is 2. The lowest BCUT2D eigenvalue weighted by atomic mass is 9.90. The van der Waals surface area contributed by atoms with E-state index in [1.807, 2.05) is 32.9 Å². The third-order valence-electron chi connectivity index (χ3n) is 10.8. The second-order valence-corrected chi connectivity index (χ2v) is 17.2. The minimum absolute atomic E-state index is 0.0591. The van der Waals surface area contributed by atoms with Gasteiger partial charge in [-0.1, -0.05) is 0 Å². The average molecular weight is 865 g/mol. The van der Waals surface area contributed by atoms with Crippen molar-refractivity contribution >= 4 is 88.5 Å². The first kappa shape index (κ1) is 43.2. The summed E-state index contributed by atoms with van der Waals surface area (Å²) >= 11 is 0. The molecule has 320 valence electrons. The second-order valence-electron chi connectivity index (χ2n) is 15.7. The maximum atomic E-state index is 14.0. The fourth-order valence-electron chi connectivity index (χ4n) is 8.04. The van der Waals surface area contributed by atoms with Crippen LogP contribution in [0.2, 0.25) is 0 Å². The van der Waals surface area contributed by atoms with Crippen molar-refractivity contribution in [1.29, 1.82) is 0 Å². The zero-order valence-corrected chi connectivity index (χ0v) is 35.1. The summed E-state index contributed by atoms with van der Waals surface area (Å²) in [5.74, 6) is -2.30. The van der Waals surface area contributed by atoms with Crippen molar-refractivity contribution in [3.05, 3.63) is 115 Å². The molecular weight excluding hydrogens is 825 g/mol. The zero-order chi connectivity index (χ0) is 45.1. The van der Waals surface area contributed by atoms with Crippen LogP contribution in [-0.4, -0.2) is 110 Å². The second kappa shape index (κ2) is 16.2. The minimum atomic E-state index is -3.67. The lowest BCUT2D eigenvalue weighted by Gasteiger charge is -2.33. The van der Waals surface area contributed by atoms with E-state index >= 15 is 0 Å². The number of carbonyl (C=O) groups excluding carboxylic acids is 4. The van der Waals surface area contributed by atoms with Gasteiger partial charge < -0.3 is 10.6 Å². The van der Waals surface area contributed by atoms with Crippen molar-refractivity contribution in [2.75, 3.05) is 25.9 Å². The van der Waals surface area contributed by atoms with Gasteiger partial charge in [0.2, 0.25) is 0 Å². The van der Waals surface area contributed by atoms with E-state index < -0.39 is 55.7 Å². The monoisotopic (exact) mass is 864 g/mol. The van der Waals surface area contributed by atoms with Crippen LogP contribution in [0.5, 0.6) is 0 Å². The topological polar surface area (TPSA) is 265 Å². The summed E-state index contributed by atoms with van der Waals surface area (Å²) in [6.45, 7) is 9.79. The summed E-state index contributed by atoms with van der Waals surface area (Å²) in [5.41, 5.74) is 2.70. The number of amides is 4. The third-order valence-corrected chi connectivity index (χ3v) is 10.8. The molecular formula is C42H40N8O11S. The van der Waals surface area contributed by atoms with Crippen LogP contribution in [0, 0.1) is 34.1 Å². The zero-order valence-electron chi connectivity index (χ0n) is 34.2. The number of nitro groups is 2. The van der Waals surface area contributed by atoms with Gasteiger partial charge in [0.25, 0.3) is 45.1 Å². The Morgan fingerprint density at radius 3 is 1.40 bits per heavy atom. The minimum Gasteiger partial charge on any atom is -0.313 e. The lowest BCUT2D eigenvalue weighted by molar-refractivity contribution is -0.384. The number of rotatable bonds is 11. The molecule has 19 nitrogen and oxygen atoms in total. The van der Waals surface area contributed by atoms with Crippen molar-refractivity contribution in [3.63, 3.8) is 0 Å². The number of hydrogen-bond acceptors (Lipinski definition) is 14. The van der Waals surface area contributed by atoms with E-state index in [0.717, 1.165) is 20.9 Å². The van der Waals surface area contributed by atoms with E-state index in [9.17, 15) is 47.8 Å². The smallest absolute Gasteiger partial charge is 0.270 e. The van der Waals surface area contributed by atoms with Gasteiger partial charge in [0.05, 0.1) is 38.3 Å². The fourth-order valence-corrected chi connectivity index (χ4v) is 8.04. The number of carbonyl (C=O) groups is 4. The molecule has 20 heteroatoms. The molecule has 4 amide bonds. The van der Waals surface area contributed by atoms with Gasteiger partial charge in [0.1, 0.15) is 0 Å². The first-order chi connectivity index (χ1) is 29.1. The van der Waals surface area contributed by atoms with Gasteiger partial charge in [-0.05, 0) is 70.0 Å². The van der Waals surface area contributed by atoms with Crippen LogP contribution in [0.15, 0.2) is 60.9 Å². The number of aromatic nitrogens is 2. The van der Waals surface area contributed by atoms with Crippen molar-refractivity contribution in [3.8, 4) is 0 Å².